The van der Waals surface area contributed by atoms with E-state index in [0.29, 0.717) is 17.6 Å². The summed E-state index contributed by atoms with van der Waals surface area (Å²) in [6.45, 7) is 0. The minimum absolute atomic E-state index is 0.0940. The van der Waals surface area contributed by atoms with Gasteiger partial charge >= 0.3 is 5.97 Å². The summed E-state index contributed by atoms with van der Waals surface area (Å²) in [5, 5.41) is 9.91. The number of carboxylic acids is 1. The van der Waals surface area contributed by atoms with Crippen LogP contribution in [0.5, 0.6) is 0 Å². The fraction of sp³-hybridized carbons (Fsp3) is 0.375. The normalized spacial score (nSPS) is 19.8. The van der Waals surface area contributed by atoms with E-state index >= 15 is 0 Å². The zero-order chi connectivity index (χ0) is 16.6. The van der Waals surface area contributed by atoms with E-state index in [1.54, 1.807) is 6.07 Å². The highest BCUT2D eigenvalue weighted by molar-refractivity contribution is 7.91. The maximum atomic E-state index is 11.7. The molecular weight excluding hydrogens is 316 g/mol. The number of hydrogen-bond acceptors (Lipinski definition) is 5. The lowest BCUT2D eigenvalue weighted by atomic mass is 10.1. The van der Waals surface area contributed by atoms with Gasteiger partial charge in [0.25, 0.3) is 0 Å². The summed E-state index contributed by atoms with van der Waals surface area (Å²) in [5.41, 5.74) is 2.02. The fourth-order valence-electron chi connectivity index (χ4n) is 3.03. The highest BCUT2D eigenvalue weighted by Crippen LogP contribution is 2.30. The Morgan fingerprint density at radius 1 is 1.39 bits per heavy atom. The third-order valence-corrected chi connectivity index (χ3v) is 5.97. The van der Waals surface area contributed by atoms with Gasteiger partial charge in [-0.3, -0.25) is 9.78 Å². The Bertz CT molecular complexity index is 864. The van der Waals surface area contributed by atoms with Crippen molar-refractivity contribution >= 4 is 32.4 Å². The molecule has 0 saturated carbocycles. The number of sulfone groups is 1. The van der Waals surface area contributed by atoms with Crippen LogP contribution < -0.4 is 4.90 Å². The molecule has 1 saturated heterocycles. The predicted octanol–water partition coefficient (Wildman–Crippen LogP) is 1.49. The van der Waals surface area contributed by atoms with Gasteiger partial charge in [0.05, 0.1) is 29.1 Å². The number of rotatable bonds is 4. The molecule has 0 spiro atoms. The summed E-state index contributed by atoms with van der Waals surface area (Å²) in [4.78, 5) is 17.3. The molecule has 0 amide bonds. The van der Waals surface area contributed by atoms with Crippen LogP contribution in [0, 0.1) is 0 Å². The Labute approximate surface area is 134 Å². The number of pyridine rings is 1. The van der Waals surface area contributed by atoms with E-state index in [9.17, 15) is 13.2 Å². The van der Waals surface area contributed by atoms with Crippen molar-refractivity contribution in [3.8, 4) is 0 Å². The summed E-state index contributed by atoms with van der Waals surface area (Å²) in [6, 6.07) is 9.16. The van der Waals surface area contributed by atoms with E-state index in [0.717, 1.165) is 11.1 Å². The van der Waals surface area contributed by atoms with E-state index in [2.05, 4.69) is 4.98 Å². The zero-order valence-electron chi connectivity index (χ0n) is 12.8. The number of nitrogens with zero attached hydrogens (tertiary/aromatic N) is 2. The third kappa shape index (κ3) is 3.29. The van der Waals surface area contributed by atoms with E-state index in [-0.39, 0.29) is 24.0 Å². The molecule has 122 valence electrons. The number of carboxylic acid groups (broad SMARTS) is 1. The van der Waals surface area contributed by atoms with Gasteiger partial charge in [-0.15, -0.1) is 0 Å². The van der Waals surface area contributed by atoms with Crippen molar-refractivity contribution in [2.75, 3.05) is 23.5 Å². The number of fused-ring (bicyclic) bond motifs is 1. The molecule has 1 aliphatic rings. The number of aliphatic carboxylic acids is 1. The lowest BCUT2D eigenvalue weighted by Crippen LogP contribution is -2.32. The van der Waals surface area contributed by atoms with Crippen LogP contribution in [-0.4, -0.2) is 49.1 Å². The van der Waals surface area contributed by atoms with E-state index in [4.69, 9.17) is 5.11 Å². The second kappa shape index (κ2) is 5.81. The van der Waals surface area contributed by atoms with Crippen LogP contribution in [0.1, 0.15) is 12.1 Å². The van der Waals surface area contributed by atoms with E-state index < -0.39 is 15.8 Å². The van der Waals surface area contributed by atoms with Crippen molar-refractivity contribution < 1.29 is 18.3 Å². The molecule has 2 heterocycles. The number of benzene rings is 1. The molecule has 1 unspecified atom stereocenters. The van der Waals surface area contributed by atoms with Crippen LogP contribution in [0.15, 0.2) is 30.3 Å². The maximum absolute atomic E-state index is 11.7. The molecule has 1 aromatic heterocycles. The lowest BCUT2D eigenvalue weighted by Gasteiger charge is -2.27. The molecule has 0 aliphatic carbocycles. The zero-order valence-corrected chi connectivity index (χ0v) is 13.6. The van der Waals surface area contributed by atoms with Crippen LogP contribution in [0.2, 0.25) is 0 Å². The molecule has 1 atom stereocenters. The second-order valence-corrected chi connectivity index (χ2v) is 8.12. The highest BCUT2D eigenvalue weighted by atomic mass is 32.2. The Morgan fingerprint density at radius 2 is 2.13 bits per heavy atom. The molecule has 23 heavy (non-hydrogen) atoms. The van der Waals surface area contributed by atoms with Gasteiger partial charge in [0, 0.05) is 24.2 Å². The summed E-state index contributed by atoms with van der Waals surface area (Å²) in [6.07, 6.45) is 0.429. The summed E-state index contributed by atoms with van der Waals surface area (Å²) < 4.78 is 23.5. The monoisotopic (exact) mass is 334 g/mol. The average molecular weight is 334 g/mol. The van der Waals surface area contributed by atoms with Crippen molar-refractivity contribution in [1.29, 1.82) is 0 Å². The molecule has 3 rings (SSSR count). The molecule has 1 aromatic carbocycles. The smallest absolute Gasteiger partial charge is 0.309 e. The van der Waals surface area contributed by atoms with Crippen LogP contribution in [-0.2, 0) is 21.1 Å². The Morgan fingerprint density at radius 3 is 2.78 bits per heavy atom. The van der Waals surface area contributed by atoms with Crippen LogP contribution in [0.25, 0.3) is 10.9 Å². The number of para-hydroxylation sites is 1. The van der Waals surface area contributed by atoms with Gasteiger partial charge in [-0.05, 0) is 18.6 Å². The first-order chi connectivity index (χ1) is 10.9. The molecule has 6 nitrogen and oxygen atoms in total. The van der Waals surface area contributed by atoms with E-state index in [1.165, 1.54) is 0 Å². The summed E-state index contributed by atoms with van der Waals surface area (Å²) >= 11 is 0. The predicted molar refractivity (Wildman–Crippen MR) is 88.5 cm³/mol. The Hall–Kier alpha value is -2.15. The Balaban J connectivity index is 2.05. The molecular formula is C16H18N2O4S. The number of aromatic nitrogens is 1. The molecule has 0 radical (unpaired) electrons. The van der Waals surface area contributed by atoms with Crippen LogP contribution >= 0.6 is 0 Å². The maximum Gasteiger partial charge on any atom is 0.309 e. The first kappa shape index (κ1) is 15.7. The molecule has 1 fully saturated rings. The summed E-state index contributed by atoms with van der Waals surface area (Å²) in [5.74, 6) is -0.605. The minimum atomic E-state index is -2.98. The first-order valence-corrected chi connectivity index (χ1v) is 9.21. The van der Waals surface area contributed by atoms with Gasteiger partial charge in [0.15, 0.2) is 9.84 Å². The summed E-state index contributed by atoms with van der Waals surface area (Å²) in [7, 11) is -1.12. The lowest BCUT2D eigenvalue weighted by molar-refractivity contribution is -0.136. The van der Waals surface area contributed by atoms with Crippen molar-refractivity contribution in [3.05, 3.63) is 36.0 Å². The second-order valence-electron chi connectivity index (χ2n) is 5.89. The fourth-order valence-corrected chi connectivity index (χ4v) is 4.80. The third-order valence-electron chi connectivity index (χ3n) is 4.22. The van der Waals surface area contributed by atoms with Gasteiger partial charge in [0.1, 0.15) is 0 Å². The van der Waals surface area contributed by atoms with Crippen LogP contribution in [0.4, 0.5) is 5.69 Å². The highest BCUT2D eigenvalue weighted by Gasteiger charge is 2.31. The van der Waals surface area contributed by atoms with Gasteiger partial charge in [-0.25, -0.2) is 8.42 Å². The van der Waals surface area contributed by atoms with E-state index in [1.807, 2.05) is 36.2 Å². The van der Waals surface area contributed by atoms with Crippen molar-refractivity contribution in [1.82, 2.24) is 4.98 Å². The topological polar surface area (TPSA) is 87.6 Å². The molecule has 0 bridgehead atoms. The van der Waals surface area contributed by atoms with Crippen molar-refractivity contribution in [2.45, 2.75) is 18.9 Å². The Kier molecular flexibility index (Phi) is 3.97. The molecule has 7 heteroatoms. The largest absolute Gasteiger partial charge is 0.481 e. The van der Waals surface area contributed by atoms with Gasteiger partial charge in [-0.2, -0.15) is 0 Å². The van der Waals surface area contributed by atoms with Crippen molar-refractivity contribution in [3.63, 3.8) is 0 Å². The molecule has 1 aliphatic heterocycles. The minimum Gasteiger partial charge on any atom is -0.481 e. The quantitative estimate of drug-likeness (QED) is 0.911. The van der Waals surface area contributed by atoms with Crippen LogP contribution in [0.3, 0.4) is 0 Å². The van der Waals surface area contributed by atoms with Crippen molar-refractivity contribution in [2.24, 2.45) is 0 Å². The van der Waals surface area contributed by atoms with Gasteiger partial charge < -0.3 is 10.0 Å². The van der Waals surface area contributed by atoms with Gasteiger partial charge in [-0.1, -0.05) is 18.2 Å². The SMILES string of the molecule is CN(c1cc(CC(=O)O)nc2ccccc12)C1CCS(=O)(=O)C1. The van der Waals surface area contributed by atoms with Gasteiger partial charge in [0.2, 0.25) is 0 Å². The standard InChI is InChI=1S/C16H18N2O4S/c1-18(12-6-7-23(21,22)10-12)15-8-11(9-16(19)20)17-14-5-3-2-4-13(14)15/h2-5,8,12H,6-7,9-10H2,1H3,(H,19,20). The molecule has 2 aromatic rings. The number of carbonyl (C=O) groups is 1. The number of anilines is 1. The average Bonchev–Trinajstić information content (AvgIpc) is 2.85. The first-order valence-electron chi connectivity index (χ1n) is 7.39. The molecule has 1 N–H and O–H groups in total. The number of hydrogen-bond donors (Lipinski definition) is 1.